The molecule has 1 aromatic rings. The van der Waals surface area contributed by atoms with E-state index in [1.54, 1.807) is 0 Å². The van der Waals surface area contributed by atoms with Crippen molar-refractivity contribution in [2.24, 2.45) is 0 Å². The third-order valence-electron chi connectivity index (χ3n) is 2.92. The molecule has 0 radical (unpaired) electrons. The van der Waals surface area contributed by atoms with Crippen LogP contribution in [0, 0.1) is 3.57 Å². The van der Waals surface area contributed by atoms with Gasteiger partial charge in [-0.05, 0) is 71.8 Å². The topological polar surface area (TPSA) is 21.3 Å². The van der Waals surface area contributed by atoms with E-state index in [0.717, 1.165) is 36.8 Å². The molecule has 0 bridgehead atoms. The van der Waals surface area contributed by atoms with Crippen LogP contribution in [-0.2, 0) is 4.74 Å². The molecule has 2 rings (SSSR count). The predicted molar refractivity (Wildman–Crippen MR) is 83.9 cm³/mol. The highest BCUT2D eigenvalue weighted by Crippen LogP contribution is 2.31. The van der Waals surface area contributed by atoms with Crippen molar-refractivity contribution >= 4 is 34.2 Å². The molecule has 0 amide bonds. The van der Waals surface area contributed by atoms with Crippen LogP contribution in [0.2, 0.25) is 5.02 Å². The molecular formula is C14H17ClINO. The molecule has 0 spiro atoms. The van der Waals surface area contributed by atoms with Gasteiger partial charge < -0.3 is 10.1 Å². The maximum absolute atomic E-state index is 6.11. The fraction of sp³-hybridized carbons (Fsp3) is 0.429. The average molecular weight is 378 g/mol. The molecule has 0 saturated carbocycles. The van der Waals surface area contributed by atoms with Gasteiger partial charge in [-0.15, -0.1) is 0 Å². The van der Waals surface area contributed by atoms with Crippen LogP contribution in [0.25, 0.3) is 0 Å². The van der Waals surface area contributed by atoms with E-state index in [1.165, 1.54) is 9.13 Å². The highest BCUT2D eigenvalue weighted by atomic mass is 127. The minimum atomic E-state index is 0.112. The Morgan fingerprint density at radius 2 is 2.33 bits per heavy atom. The van der Waals surface area contributed by atoms with Crippen molar-refractivity contribution in [3.05, 3.63) is 44.2 Å². The number of hydrogen-bond donors (Lipinski definition) is 1. The molecule has 1 heterocycles. The zero-order valence-corrected chi connectivity index (χ0v) is 13.3. The molecule has 4 heteroatoms. The molecule has 98 valence electrons. The fourth-order valence-corrected chi connectivity index (χ4v) is 2.91. The summed E-state index contributed by atoms with van der Waals surface area (Å²) in [6.45, 7) is 3.81. The summed E-state index contributed by atoms with van der Waals surface area (Å²) in [5.74, 6) is 1.03. The van der Waals surface area contributed by atoms with E-state index in [-0.39, 0.29) is 6.04 Å². The van der Waals surface area contributed by atoms with Gasteiger partial charge in [0.2, 0.25) is 0 Å². The van der Waals surface area contributed by atoms with Gasteiger partial charge in [-0.25, -0.2) is 0 Å². The summed E-state index contributed by atoms with van der Waals surface area (Å²) < 4.78 is 7.00. The van der Waals surface area contributed by atoms with E-state index in [4.69, 9.17) is 16.3 Å². The van der Waals surface area contributed by atoms with Crippen molar-refractivity contribution in [3.8, 4) is 0 Å². The van der Waals surface area contributed by atoms with Gasteiger partial charge in [0.1, 0.15) is 5.76 Å². The predicted octanol–water partition coefficient (Wildman–Crippen LogP) is 4.29. The molecule has 1 unspecified atom stereocenters. The second-order valence-corrected chi connectivity index (χ2v) is 5.85. The van der Waals surface area contributed by atoms with Gasteiger partial charge in [0.15, 0.2) is 0 Å². The molecule has 18 heavy (non-hydrogen) atoms. The molecule has 1 N–H and O–H groups in total. The molecule has 0 aliphatic carbocycles. The second-order valence-electron chi connectivity index (χ2n) is 4.25. The number of allylic oxidation sites excluding steroid dienone is 1. The van der Waals surface area contributed by atoms with Gasteiger partial charge in [-0.3, -0.25) is 0 Å². The van der Waals surface area contributed by atoms with E-state index in [2.05, 4.69) is 40.9 Å². The lowest BCUT2D eigenvalue weighted by atomic mass is 10.0. The van der Waals surface area contributed by atoms with Crippen LogP contribution in [-0.4, -0.2) is 13.2 Å². The van der Waals surface area contributed by atoms with Crippen LogP contribution in [0.4, 0.5) is 0 Å². The summed E-state index contributed by atoms with van der Waals surface area (Å²) in [7, 11) is 0. The van der Waals surface area contributed by atoms with Gasteiger partial charge in [0.25, 0.3) is 0 Å². The standard InChI is InChI=1S/C14H17ClINO/c1-2-17-14(13-5-3-4-8-18-13)11-9-10(15)6-7-12(11)16/h5-7,9,14,17H,2-4,8H2,1H3. The smallest absolute Gasteiger partial charge is 0.113 e. The molecule has 1 aromatic carbocycles. The van der Waals surface area contributed by atoms with Gasteiger partial charge in [-0.2, -0.15) is 0 Å². The monoisotopic (exact) mass is 377 g/mol. The summed E-state index contributed by atoms with van der Waals surface area (Å²) in [6, 6.07) is 6.11. The molecule has 1 atom stereocenters. The fourth-order valence-electron chi connectivity index (χ4n) is 2.08. The van der Waals surface area contributed by atoms with Crippen LogP contribution in [0.5, 0.6) is 0 Å². The normalized spacial score (nSPS) is 16.9. The first-order chi connectivity index (χ1) is 8.72. The van der Waals surface area contributed by atoms with Gasteiger partial charge >= 0.3 is 0 Å². The molecule has 0 fully saturated rings. The number of nitrogens with one attached hydrogen (secondary N) is 1. The van der Waals surface area contributed by atoms with Gasteiger partial charge in [-0.1, -0.05) is 18.5 Å². The minimum Gasteiger partial charge on any atom is -0.496 e. The molecule has 2 nitrogen and oxygen atoms in total. The molecular weight excluding hydrogens is 361 g/mol. The molecule has 0 aromatic heterocycles. The van der Waals surface area contributed by atoms with Crippen molar-refractivity contribution in [2.45, 2.75) is 25.8 Å². The number of halogens is 2. The van der Waals surface area contributed by atoms with Crippen molar-refractivity contribution in [1.29, 1.82) is 0 Å². The number of benzene rings is 1. The Kier molecular flexibility index (Phi) is 5.33. The van der Waals surface area contributed by atoms with Crippen LogP contribution in [0.3, 0.4) is 0 Å². The largest absolute Gasteiger partial charge is 0.496 e. The van der Waals surface area contributed by atoms with Gasteiger partial charge in [0, 0.05) is 8.59 Å². The van der Waals surface area contributed by atoms with E-state index >= 15 is 0 Å². The third-order valence-corrected chi connectivity index (χ3v) is 4.14. The highest BCUT2D eigenvalue weighted by Gasteiger charge is 2.21. The number of likely N-dealkylation sites (N-methyl/N-ethyl adjacent to an activating group) is 1. The van der Waals surface area contributed by atoms with Gasteiger partial charge in [0.05, 0.1) is 12.6 Å². The number of rotatable bonds is 4. The van der Waals surface area contributed by atoms with Crippen molar-refractivity contribution in [1.82, 2.24) is 5.32 Å². The summed E-state index contributed by atoms with van der Waals surface area (Å²) >= 11 is 8.46. The van der Waals surface area contributed by atoms with Crippen LogP contribution in [0.1, 0.15) is 31.4 Å². The van der Waals surface area contributed by atoms with Crippen LogP contribution in [0.15, 0.2) is 30.0 Å². The lowest BCUT2D eigenvalue weighted by Gasteiger charge is -2.25. The lowest BCUT2D eigenvalue weighted by molar-refractivity contribution is 0.168. The first kappa shape index (κ1) is 14.2. The summed E-state index contributed by atoms with van der Waals surface area (Å²) in [6.07, 6.45) is 4.39. The zero-order valence-electron chi connectivity index (χ0n) is 10.4. The Bertz CT molecular complexity index is 447. The summed E-state index contributed by atoms with van der Waals surface area (Å²) in [5, 5.41) is 4.25. The van der Waals surface area contributed by atoms with Crippen LogP contribution >= 0.6 is 34.2 Å². The Labute approximate surface area is 127 Å². The van der Waals surface area contributed by atoms with Crippen molar-refractivity contribution in [2.75, 3.05) is 13.2 Å². The quantitative estimate of drug-likeness (QED) is 0.790. The van der Waals surface area contributed by atoms with Crippen molar-refractivity contribution < 1.29 is 4.74 Å². The first-order valence-corrected chi connectivity index (χ1v) is 7.69. The second kappa shape index (κ2) is 6.78. The zero-order chi connectivity index (χ0) is 13.0. The summed E-state index contributed by atoms with van der Waals surface area (Å²) in [5.41, 5.74) is 1.19. The minimum absolute atomic E-state index is 0.112. The number of ether oxygens (including phenoxy) is 1. The van der Waals surface area contributed by atoms with Crippen LogP contribution < -0.4 is 5.32 Å². The SMILES string of the molecule is CCNC(C1=CCCCO1)c1cc(Cl)ccc1I. The Morgan fingerprint density at radius 1 is 1.50 bits per heavy atom. The first-order valence-electron chi connectivity index (χ1n) is 6.23. The Balaban J connectivity index is 2.34. The third kappa shape index (κ3) is 3.39. The Morgan fingerprint density at radius 3 is 3.00 bits per heavy atom. The molecule has 1 aliphatic heterocycles. The maximum Gasteiger partial charge on any atom is 0.113 e. The van der Waals surface area contributed by atoms with E-state index < -0.39 is 0 Å². The summed E-state index contributed by atoms with van der Waals surface area (Å²) in [4.78, 5) is 0. The average Bonchev–Trinajstić information content (AvgIpc) is 2.40. The maximum atomic E-state index is 6.11. The molecule has 0 saturated heterocycles. The van der Waals surface area contributed by atoms with E-state index in [9.17, 15) is 0 Å². The molecule has 1 aliphatic rings. The van der Waals surface area contributed by atoms with Crippen molar-refractivity contribution in [3.63, 3.8) is 0 Å². The van der Waals surface area contributed by atoms with E-state index in [1.807, 2.05) is 18.2 Å². The highest BCUT2D eigenvalue weighted by molar-refractivity contribution is 14.1. The Hall–Kier alpha value is -0.260. The van der Waals surface area contributed by atoms with E-state index in [0.29, 0.717) is 0 Å². The number of hydrogen-bond acceptors (Lipinski definition) is 2. The lowest BCUT2D eigenvalue weighted by Crippen LogP contribution is -2.26.